The normalized spacial score (nSPS) is 12.0. The Hall–Kier alpha value is -2.40. The molecule has 0 saturated heterocycles. The van der Waals surface area contributed by atoms with E-state index in [1.807, 2.05) is 24.3 Å². The average Bonchev–Trinajstić information content (AvgIpc) is 2.60. The summed E-state index contributed by atoms with van der Waals surface area (Å²) in [6.07, 6.45) is 3.30. The Morgan fingerprint density at radius 2 is 1.87 bits per heavy atom. The molecule has 1 atom stereocenters. The van der Waals surface area contributed by atoms with E-state index in [1.165, 1.54) is 5.56 Å². The number of anilines is 1. The van der Waals surface area contributed by atoms with Gasteiger partial charge in [0.05, 0.1) is 17.9 Å². The largest absolute Gasteiger partial charge is 0.336 e. The maximum Gasteiger partial charge on any atom is 0.319 e. The van der Waals surface area contributed by atoms with Crippen molar-refractivity contribution >= 4 is 11.7 Å². The lowest BCUT2D eigenvalue weighted by Gasteiger charge is -2.30. The number of rotatable bonds is 7. The second-order valence-corrected chi connectivity index (χ2v) is 5.22. The minimum absolute atomic E-state index is 0.158. The van der Waals surface area contributed by atoms with Crippen LogP contribution in [0.4, 0.5) is 10.5 Å². The number of likely N-dealkylation sites (N-methyl/N-ethyl adjacent to an activating group) is 1. The molecule has 122 valence electrons. The molecule has 0 spiro atoms. The molecule has 23 heavy (non-hydrogen) atoms. The summed E-state index contributed by atoms with van der Waals surface area (Å²) in [5.41, 5.74) is 1.89. The number of carbonyl (C=O) groups excluding carboxylic acids is 1. The van der Waals surface area contributed by atoms with Crippen LogP contribution in [0.15, 0.2) is 54.9 Å². The number of carbonyl (C=O) groups is 1. The summed E-state index contributed by atoms with van der Waals surface area (Å²) in [5, 5.41) is 5.75. The molecule has 0 aliphatic heterocycles. The number of nitrogens with one attached hydrogen (secondary N) is 2. The van der Waals surface area contributed by atoms with E-state index in [2.05, 4.69) is 46.5 Å². The molecular formula is C18H24N4O. The van der Waals surface area contributed by atoms with Crippen molar-refractivity contribution in [1.29, 1.82) is 0 Å². The summed E-state index contributed by atoms with van der Waals surface area (Å²) in [6.45, 7) is 6.69. The van der Waals surface area contributed by atoms with Crippen LogP contribution in [0.2, 0.25) is 0 Å². The Labute approximate surface area is 137 Å². The van der Waals surface area contributed by atoms with Gasteiger partial charge in [0.15, 0.2) is 0 Å². The summed E-state index contributed by atoms with van der Waals surface area (Å²) in [7, 11) is 0. The number of hydrogen-bond donors (Lipinski definition) is 2. The van der Waals surface area contributed by atoms with Crippen LogP contribution in [0, 0.1) is 0 Å². The predicted octanol–water partition coefficient (Wildman–Crippen LogP) is 3.29. The summed E-state index contributed by atoms with van der Waals surface area (Å²) >= 11 is 0. The third-order valence-corrected chi connectivity index (χ3v) is 3.81. The van der Waals surface area contributed by atoms with Gasteiger partial charge in [-0.15, -0.1) is 0 Å². The van der Waals surface area contributed by atoms with E-state index >= 15 is 0 Å². The van der Waals surface area contributed by atoms with Crippen molar-refractivity contribution in [1.82, 2.24) is 15.2 Å². The highest BCUT2D eigenvalue weighted by molar-refractivity contribution is 5.88. The molecule has 5 heteroatoms. The van der Waals surface area contributed by atoms with Crippen molar-refractivity contribution in [2.75, 3.05) is 25.0 Å². The maximum absolute atomic E-state index is 12.1. The number of nitrogens with zero attached hydrogens (tertiary/aromatic N) is 2. The molecule has 0 radical (unpaired) electrons. The van der Waals surface area contributed by atoms with Gasteiger partial charge in [-0.3, -0.25) is 9.88 Å². The van der Waals surface area contributed by atoms with Crippen LogP contribution in [0.1, 0.15) is 25.5 Å². The SMILES string of the molecule is CCN(CC)C(CNC(=O)Nc1cccnc1)c1ccccc1. The number of benzene rings is 1. The predicted molar refractivity (Wildman–Crippen MR) is 93.4 cm³/mol. The number of hydrogen-bond acceptors (Lipinski definition) is 3. The first-order chi connectivity index (χ1) is 11.2. The van der Waals surface area contributed by atoms with Crippen molar-refractivity contribution in [3.8, 4) is 0 Å². The number of aromatic nitrogens is 1. The summed E-state index contributed by atoms with van der Waals surface area (Å²) in [4.78, 5) is 18.4. The third kappa shape index (κ3) is 5.07. The van der Waals surface area contributed by atoms with E-state index in [0.29, 0.717) is 12.2 Å². The minimum Gasteiger partial charge on any atom is -0.336 e. The van der Waals surface area contributed by atoms with Crippen LogP contribution in [0.3, 0.4) is 0 Å². The molecule has 0 saturated carbocycles. The van der Waals surface area contributed by atoms with E-state index in [-0.39, 0.29) is 12.1 Å². The summed E-state index contributed by atoms with van der Waals surface area (Å²) in [5.74, 6) is 0. The first-order valence-corrected chi connectivity index (χ1v) is 7.98. The van der Waals surface area contributed by atoms with Crippen molar-refractivity contribution in [3.63, 3.8) is 0 Å². The lowest BCUT2D eigenvalue weighted by Crippen LogP contribution is -2.39. The fourth-order valence-electron chi connectivity index (χ4n) is 2.60. The zero-order chi connectivity index (χ0) is 16.5. The number of amides is 2. The van der Waals surface area contributed by atoms with E-state index in [9.17, 15) is 4.79 Å². The Kier molecular flexibility index (Phi) is 6.56. The lowest BCUT2D eigenvalue weighted by molar-refractivity contribution is 0.210. The average molecular weight is 312 g/mol. The van der Waals surface area contributed by atoms with Crippen LogP contribution in [-0.2, 0) is 0 Å². The fraction of sp³-hybridized carbons (Fsp3) is 0.333. The van der Waals surface area contributed by atoms with Gasteiger partial charge in [-0.2, -0.15) is 0 Å². The Balaban J connectivity index is 1.99. The van der Waals surface area contributed by atoms with Crippen LogP contribution >= 0.6 is 0 Å². The van der Waals surface area contributed by atoms with Gasteiger partial charge in [0, 0.05) is 12.7 Å². The molecule has 1 aromatic carbocycles. The highest BCUT2D eigenvalue weighted by Gasteiger charge is 2.18. The maximum atomic E-state index is 12.1. The Morgan fingerprint density at radius 1 is 1.13 bits per heavy atom. The number of pyridine rings is 1. The van der Waals surface area contributed by atoms with E-state index in [4.69, 9.17) is 0 Å². The van der Waals surface area contributed by atoms with Gasteiger partial charge in [-0.05, 0) is 30.8 Å². The standard InChI is InChI=1S/C18H24N4O/c1-3-22(4-2)17(15-9-6-5-7-10-15)14-20-18(23)21-16-11-8-12-19-13-16/h5-13,17H,3-4,14H2,1-2H3,(H2,20,21,23). The second kappa shape index (κ2) is 8.90. The van der Waals surface area contributed by atoms with E-state index in [0.717, 1.165) is 13.1 Å². The van der Waals surface area contributed by atoms with Gasteiger partial charge < -0.3 is 10.6 Å². The van der Waals surface area contributed by atoms with Crippen molar-refractivity contribution < 1.29 is 4.79 Å². The first-order valence-electron chi connectivity index (χ1n) is 7.98. The lowest BCUT2D eigenvalue weighted by atomic mass is 10.1. The Bertz CT molecular complexity index is 584. The summed E-state index contributed by atoms with van der Waals surface area (Å²) < 4.78 is 0. The molecule has 2 N–H and O–H groups in total. The van der Waals surface area contributed by atoms with Gasteiger partial charge in [-0.1, -0.05) is 44.2 Å². The highest BCUT2D eigenvalue weighted by Crippen LogP contribution is 2.19. The van der Waals surface area contributed by atoms with Gasteiger partial charge in [0.2, 0.25) is 0 Å². The molecule has 2 amide bonds. The quantitative estimate of drug-likeness (QED) is 0.825. The summed E-state index contributed by atoms with van der Waals surface area (Å²) in [6, 6.07) is 13.8. The van der Waals surface area contributed by atoms with E-state index < -0.39 is 0 Å². The van der Waals surface area contributed by atoms with Gasteiger partial charge in [0.25, 0.3) is 0 Å². The monoisotopic (exact) mass is 312 g/mol. The van der Waals surface area contributed by atoms with Crippen molar-refractivity contribution in [2.24, 2.45) is 0 Å². The van der Waals surface area contributed by atoms with Crippen molar-refractivity contribution in [2.45, 2.75) is 19.9 Å². The third-order valence-electron chi connectivity index (χ3n) is 3.81. The molecule has 0 aliphatic rings. The zero-order valence-electron chi connectivity index (χ0n) is 13.7. The molecule has 5 nitrogen and oxygen atoms in total. The van der Waals surface area contributed by atoms with Crippen LogP contribution < -0.4 is 10.6 Å². The van der Waals surface area contributed by atoms with E-state index in [1.54, 1.807) is 18.5 Å². The van der Waals surface area contributed by atoms with Crippen LogP contribution in [0.25, 0.3) is 0 Å². The molecular weight excluding hydrogens is 288 g/mol. The molecule has 1 aromatic heterocycles. The Morgan fingerprint density at radius 3 is 2.48 bits per heavy atom. The molecule has 0 bridgehead atoms. The van der Waals surface area contributed by atoms with Gasteiger partial charge >= 0.3 is 6.03 Å². The second-order valence-electron chi connectivity index (χ2n) is 5.22. The first kappa shape index (κ1) is 17.0. The molecule has 2 rings (SSSR count). The van der Waals surface area contributed by atoms with Crippen LogP contribution in [0.5, 0.6) is 0 Å². The highest BCUT2D eigenvalue weighted by atomic mass is 16.2. The fourth-order valence-corrected chi connectivity index (χ4v) is 2.60. The molecule has 1 heterocycles. The minimum atomic E-state index is -0.217. The molecule has 0 fully saturated rings. The topological polar surface area (TPSA) is 57.3 Å². The zero-order valence-corrected chi connectivity index (χ0v) is 13.7. The van der Waals surface area contributed by atoms with Crippen molar-refractivity contribution in [3.05, 3.63) is 60.4 Å². The number of urea groups is 1. The molecule has 1 unspecified atom stereocenters. The van der Waals surface area contributed by atoms with Crippen LogP contribution in [-0.4, -0.2) is 35.5 Å². The smallest absolute Gasteiger partial charge is 0.319 e. The van der Waals surface area contributed by atoms with Gasteiger partial charge in [0.1, 0.15) is 0 Å². The molecule has 0 aliphatic carbocycles. The van der Waals surface area contributed by atoms with Gasteiger partial charge in [-0.25, -0.2) is 4.79 Å². The molecule has 2 aromatic rings.